The maximum absolute atomic E-state index is 8.97. The molecule has 0 aromatic heterocycles. The molecule has 0 aromatic carbocycles. The van der Waals surface area contributed by atoms with E-state index in [-0.39, 0.29) is 12.6 Å². The van der Waals surface area contributed by atoms with Crippen LogP contribution in [0.15, 0.2) is 34.5 Å². The standard InChI is InChI=1S/C10H13BrClN3O/c1-3-13-10(7(2)12)15-8(4-5-16)6-9(11)14-15/h3,8,16H,1-2,4-6H2/b13-10+. The average Bonchev–Trinajstić information content (AvgIpc) is 2.56. The van der Waals surface area contributed by atoms with Crippen molar-refractivity contribution >= 4 is 38.0 Å². The van der Waals surface area contributed by atoms with E-state index in [4.69, 9.17) is 16.7 Å². The van der Waals surface area contributed by atoms with Crippen molar-refractivity contribution in [3.63, 3.8) is 0 Å². The van der Waals surface area contributed by atoms with Crippen LogP contribution in [-0.2, 0) is 0 Å². The average molecular weight is 307 g/mol. The molecule has 16 heavy (non-hydrogen) atoms. The van der Waals surface area contributed by atoms with Gasteiger partial charge in [0.2, 0.25) is 0 Å². The number of aliphatic imine (C=N–C) groups is 1. The molecule has 1 atom stereocenters. The van der Waals surface area contributed by atoms with Gasteiger partial charge in [-0.25, -0.2) is 10.0 Å². The van der Waals surface area contributed by atoms with E-state index in [0.717, 1.165) is 11.0 Å². The fourth-order valence-corrected chi connectivity index (χ4v) is 2.13. The van der Waals surface area contributed by atoms with E-state index in [1.165, 1.54) is 6.20 Å². The third-order valence-corrected chi connectivity index (χ3v) is 2.75. The monoisotopic (exact) mass is 305 g/mol. The summed E-state index contributed by atoms with van der Waals surface area (Å²) in [6.07, 6.45) is 2.71. The van der Waals surface area contributed by atoms with Gasteiger partial charge in [0, 0.05) is 19.2 Å². The minimum Gasteiger partial charge on any atom is -0.396 e. The van der Waals surface area contributed by atoms with Crippen LogP contribution in [0.5, 0.6) is 0 Å². The predicted octanol–water partition coefficient (Wildman–Crippen LogP) is 2.45. The summed E-state index contributed by atoms with van der Waals surface area (Å²) in [6.45, 7) is 7.25. The molecular formula is C10H13BrClN3O. The van der Waals surface area contributed by atoms with Gasteiger partial charge in [-0.1, -0.05) is 24.8 Å². The van der Waals surface area contributed by atoms with Crippen LogP contribution in [0.25, 0.3) is 0 Å². The molecule has 0 aliphatic carbocycles. The quantitative estimate of drug-likeness (QED) is 0.640. The van der Waals surface area contributed by atoms with Crippen LogP contribution in [0.1, 0.15) is 12.8 Å². The first kappa shape index (κ1) is 13.4. The predicted molar refractivity (Wildman–Crippen MR) is 70.9 cm³/mol. The Kier molecular flexibility index (Phi) is 5.18. The lowest BCUT2D eigenvalue weighted by Crippen LogP contribution is -2.33. The maximum atomic E-state index is 8.97. The smallest absolute Gasteiger partial charge is 0.167 e. The van der Waals surface area contributed by atoms with E-state index in [2.05, 4.69) is 39.2 Å². The number of rotatable bonds is 4. The van der Waals surface area contributed by atoms with Crippen molar-refractivity contribution in [2.45, 2.75) is 18.9 Å². The van der Waals surface area contributed by atoms with Gasteiger partial charge in [0.15, 0.2) is 5.84 Å². The highest BCUT2D eigenvalue weighted by Gasteiger charge is 2.29. The summed E-state index contributed by atoms with van der Waals surface area (Å²) in [7, 11) is 0. The Bertz CT molecular complexity index is 354. The van der Waals surface area contributed by atoms with E-state index in [1.807, 2.05) is 0 Å². The highest BCUT2D eigenvalue weighted by molar-refractivity contribution is 9.18. The SMILES string of the molecule is C=C/N=C(\C(=C)Cl)N1N=C(Br)CC1CCO. The van der Waals surface area contributed by atoms with Crippen molar-refractivity contribution in [1.29, 1.82) is 0 Å². The van der Waals surface area contributed by atoms with Crippen LogP contribution in [-0.4, -0.2) is 33.2 Å². The van der Waals surface area contributed by atoms with E-state index in [0.29, 0.717) is 17.3 Å². The van der Waals surface area contributed by atoms with Gasteiger partial charge in [-0.3, -0.25) is 0 Å². The van der Waals surface area contributed by atoms with Crippen molar-refractivity contribution < 1.29 is 5.11 Å². The number of aliphatic hydroxyl groups excluding tert-OH is 1. The lowest BCUT2D eigenvalue weighted by Gasteiger charge is -2.23. The van der Waals surface area contributed by atoms with Gasteiger partial charge in [-0.05, 0) is 22.4 Å². The lowest BCUT2D eigenvalue weighted by atomic mass is 10.1. The lowest BCUT2D eigenvalue weighted by molar-refractivity contribution is 0.236. The maximum Gasteiger partial charge on any atom is 0.167 e. The summed E-state index contributed by atoms with van der Waals surface area (Å²) in [5, 5.41) is 15.2. The van der Waals surface area contributed by atoms with Crippen molar-refractivity contribution in [2.24, 2.45) is 10.1 Å². The number of hydrogen-bond donors (Lipinski definition) is 1. The first-order valence-corrected chi connectivity index (χ1v) is 5.93. The number of nitrogens with zero attached hydrogens (tertiary/aromatic N) is 3. The first-order chi connectivity index (χ1) is 7.60. The number of aliphatic hydroxyl groups is 1. The summed E-state index contributed by atoms with van der Waals surface area (Å²) >= 11 is 9.18. The van der Waals surface area contributed by atoms with E-state index >= 15 is 0 Å². The second-order valence-corrected chi connectivity index (χ2v) is 4.60. The van der Waals surface area contributed by atoms with Gasteiger partial charge in [0.05, 0.1) is 11.1 Å². The Morgan fingerprint density at radius 2 is 2.50 bits per heavy atom. The largest absolute Gasteiger partial charge is 0.396 e. The molecule has 1 unspecified atom stereocenters. The number of amidine groups is 1. The Balaban J connectivity index is 2.93. The topological polar surface area (TPSA) is 48.2 Å². The summed E-state index contributed by atoms with van der Waals surface area (Å²) in [5.41, 5.74) is 0. The van der Waals surface area contributed by atoms with Gasteiger partial charge < -0.3 is 5.11 Å². The normalized spacial score (nSPS) is 20.9. The third kappa shape index (κ3) is 3.17. The summed E-state index contributed by atoms with van der Waals surface area (Å²) in [4.78, 5) is 4.04. The Morgan fingerprint density at radius 3 is 3.00 bits per heavy atom. The molecule has 4 nitrogen and oxygen atoms in total. The minimum absolute atomic E-state index is 0.0496. The Labute approximate surface area is 108 Å². The van der Waals surface area contributed by atoms with E-state index in [9.17, 15) is 0 Å². The zero-order chi connectivity index (χ0) is 12.1. The molecule has 0 aromatic rings. The molecule has 1 aliphatic rings. The summed E-state index contributed by atoms with van der Waals surface area (Å²) in [5.74, 6) is 0.463. The van der Waals surface area contributed by atoms with Gasteiger partial charge in [0.25, 0.3) is 0 Å². The van der Waals surface area contributed by atoms with Crippen molar-refractivity contribution in [1.82, 2.24) is 5.01 Å². The molecule has 1 N–H and O–H groups in total. The van der Waals surface area contributed by atoms with Crippen molar-refractivity contribution in [3.05, 3.63) is 24.4 Å². The van der Waals surface area contributed by atoms with Crippen LogP contribution < -0.4 is 0 Å². The second kappa shape index (κ2) is 6.18. The molecule has 0 radical (unpaired) electrons. The fraction of sp³-hybridized carbons (Fsp3) is 0.400. The van der Waals surface area contributed by atoms with E-state index < -0.39 is 0 Å². The van der Waals surface area contributed by atoms with Crippen LogP contribution in [0.4, 0.5) is 0 Å². The number of halogens is 2. The highest BCUT2D eigenvalue weighted by Crippen LogP contribution is 2.24. The van der Waals surface area contributed by atoms with Crippen LogP contribution in [0.2, 0.25) is 0 Å². The van der Waals surface area contributed by atoms with Gasteiger partial charge in [-0.15, -0.1) is 0 Å². The fourth-order valence-electron chi connectivity index (χ4n) is 1.45. The Hall–Kier alpha value is -0.650. The molecule has 1 aliphatic heterocycles. The molecule has 88 valence electrons. The molecule has 0 bridgehead atoms. The van der Waals surface area contributed by atoms with Crippen molar-refractivity contribution in [3.8, 4) is 0 Å². The molecule has 0 spiro atoms. The molecule has 0 amide bonds. The molecule has 1 rings (SSSR count). The number of hydrogen-bond acceptors (Lipinski definition) is 3. The zero-order valence-electron chi connectivity index (χ0n) is 8.74. The molecule has 1 heterocycles. The Morgan fingerprint density at radius 1 is 1.81 bits per heavy atom. The van der Waals surface area contributed by atoms with Gasteiger partial charge >= 0.3 is 0 Å². The van der Waals surface area contributed by atoms with Gasteiger partial charge in [-0.2, -0.15) is 5.10 Å². The third-order valence-electron chi connectivity index (χ3n) is 2.10. The highest BCUT2D eigenvalue weighted by atomic mass is 79.9. The number of hydrazone groups is 1. The molecule has 0 saturated heterocycles. The summed E-state index contributed by atoms with van der Waals surface area (Å²) in [6, 6.07) is 0.0496. The summed E-state index contributed by atoms with van der Waals surface area (Å²) < 4.78 is 0.806. The van der Waals surface area contributed by atoms with Gasteiger partial charge in [0.1, 0.15) is 4.62 Å². The van der Waals surface area contributed by atoms with Crippen LogP contribution >= 0.6 is 27.5 Å². The second-order valence-electron chi connectivity index (χ2n) is 3.23. The van der Waals surface area contributed by atoms with Crippen molar-refractivity contribution in [2.75, 3.05) is 6.61 Å². The minimum atomic E-state index is 0.0496. The van der Waals surface area contributed by atoms with Crippen LogP contribution in [0.3, 0.4) is 0 Å². The molecule has 0 saturated carbocycles. The zero-order valence-corrected chi connectivity index (χ0v) is 11.1. The van der Waals surface area contributed by atoms with Crippen LogP contribution in [0, 0.1) is 0 Å². The van der Waals surface area contributed by atoms with E-state index in [1.54, 1.807) is 5.01 Å². The first-order valence-electron chi connectivity index (χ1n) is 4.76. The molecular weight excluding hydrogens is 293 g/mol. The molecule has 0 fully saturated rings. The molecule has 6 heteroatoms.